The molecule has 0 bridgehead atoms. The van der Waals surface area contributed by atoms with Gasteiger partial charge in [0.05, 0.1) is 19.8 Å². The van der Waals surface area contributed by atoms with Crippen molar-refractivity contribution in [3.05, 3.63) is 0 Å². The van der Waals surface area contributed by atoms with E-state index < -0.39 is 31.4 Å². The monoisotopic (exact) mass is 192 g/mol. The Kier molecular flexibility index (Phi) is 4.68. The normalized spacial score (nSPS) is 11.2. The lowest BCUT2D eigenvalue weighted by Gasteiger charge is -2.30. The molecule has 0 heterocycles. The van der Waals surface area contributed by atoms with Crippen LogP contribution in [0.25, 0.3) is 0 Å². The first-order valence-corrected chi connectivity index (χ1v) is 3.83. The third-order valence-electron chi connectivity index (χ3n) is 1.69. The predicted molar refractivity (Wildman–Crippen MR) is 46.2 cm³/mol. The maximum absolute atomic E-state index is 11.1. The number of rotatable bonds is 4. The van der Waals surface area contributed by atoms with Crippen molar-refractivity contribution in [2.75, 3.05) is 33.9 Å². The molecule has 0 radical (unpaired) electrons. The van der Waals surface area contributed by atoms with Crippen molar-refractivity contribution in [1.29, 1.82) is 0 Å². The zero-order valence-corrected chi connectivity index (χ0v) is 7.82. The van der Waals surface area contributed by atoms with Gasteiger partial charge in [0.1, 0.15) is 5.54 Å². The highest BCUT2D eigenvalue weighted by Gasteiger charge is 2.30. The van der Waals surface area contributed by atoms with Crippen molar-refractivity contribution in [1.82, 2.24) is 10.2 Å². The van der Waals surface area contributed by atoms with E-state index in [0.717, 1.165) is 0 Å². The molecular weight excluding hydrogens is 176 g/mol. The van der Waals surface area contributed by atoms with Crippen molar-refractivity contribution in [3.8, 4) is 0 Å². The van der Waals surface area contributed by atoms with Gasteiger partial charge < -0.3 is 25.5 Å². The number of urea groups is 1. The summed E-state index contributed by atoms with van der Waals surface area (Å²) in [5, 5.41) is 28.9. The van der Waals surface area contributed by atoms with Crippen molar-refractivity contribution in [2.45, 2.75) is 5.54 Å². The minimum absolute atomic E-state index is 0.475. The minimum atomic E-state index is -1.35. The molecule has 4 N–H and O–H groups in total. The number of amides is 2. The maximum Gasteiger partial charge on any atom is 0.317 e. The van der Waals surface area contributed by atoms with Gasteiger partial charge in [0.2, 0.25) is 0 Å². The SMILES string of the molecule is CN(C)C(=O)NC(CO)(CO)CO. The molecule has 0 saturated carbocycles. The van der Waals surface area contributed by atoms with Gasteiger partial charge in [-0.2, -0.15) is 0 Å². The summed E-state index contributed by atoms with van der Waals surface area (Å²) in [5.74, 6) is 0. The number of hydrogen-bond acceptors (Lipinski definition) is 4. The van der Waals surface area contributed by atoms with E-state index in [2.05, 4.69) is 5.32 Å². The van der Waals surface area contributed by atoms with Crippen LogP contribution in [0.3, 0.4) is 0 Å². The van der Waals surface area contributed by atoms with Crippen LogP contribution in [-0.2, 0) is 0 Å². The van der Waals surface area contributed by atoms with Crippen LogP contribution < -0.4 is 5.32 Å². The van der Waals surface area contributed by atoms with Gasteiger partial charge in [-0.3, -0.25) is 0 Å². The Hall–Kier alpha value is -0.850. The van der Waals surface area contributed by atoms with Gasteiger partial charge in [0.15, 0.2) is 0 Å². The van der Waals surface area contributed by atoms with Gasteiger partial charge in [-0.25, -0.2) is 4.79 Å². The molecule has 0 aliphatic rings. The summed E-state index contributed by atoms with van der Waals surface area (Å²) in [6, 6.07) is -0.475. The Morgan fingerprint density at radius 3 is 1.85 bits per heavy atom. The molecule has 0 unspecified atom stereocenters. The average Bonchev–Trinajstić information content (AvgIpc) is 2.14. The lowest BCUT2D eigenvalue weighted by Crippen LogP contribution is -2.59. The molecule has 0 rings (SSSR count). The second kappa shape index (κ2) is 5.00. The van der Waals surface area contributed by atoms with Crippen molar-refractivity contribution >= 4 is 6.03 Å². The third-order valence-corrected chi connectivity index (χ3v) is 1.69. The van der Waals surface area contributed by atoms with E-state index >= 15 is 0 Å². The zero-order chi connectivity index (χ0) is 10.5. The van der Waals surface area contributed by atoms with Crippen LogP contribution >= 0.6 is 0 Å². The van der Waals surface area contributed by atoms with E-state index in [-0.39, 0.29) is 0 Å². The largest absolute Gasteiger partial charge is 0.394 e. The van der Waals surface area contributed by atoms with Crippen molar-refractivity contribution in [2.24, 2.45) is 0 Å². The molecule has 0 spiro atoms. The second-order valence-electron chi connectivity index (χ2n) is 3.08. The summed E-state index contributed by atoms with van der Waals surface area (Å²) in [6.45, 7) is -1.54. The minimum Gasteiger partial charge on any atom is -0.394 e. The Balaban J connectivity index is 4.33. The highest BCUT2D eigenvalue weighted by atomic mass is 16.3. The standard InChI is InChI=1S/C7H16N2O4/c1-9(2)6(13)8-7(3-10,4-11)5-12/h10-12H,3-5H2,1-2H3,(H,8,13). The first kappa shape index (κ1) is 12.2. The van der Waals surface area contributed by atoms with Crippen LogP contribution in [0.2, 0.25) is 0 Å². The van der Waals surface area contributed by atoms with Crippen LogP contribution in [0.5, 0.6) is 0 Å². The molecule has 78 valence electrons. The fourth-order valence-corrected chi connectivity index (χ4v) is 0.607. The van der Waals surface area contributed by atoms with Gasteiger partial charge in [-0.05, 0) is 0 Å². The Labute approximate surface area is 76.8 Å². The van der Waals surface area contributed by atoms with Crippen LogP contribution in [-0.4, -0.2) is 65.7 Å². The summed E-state index contributed by atoms with van der Waals surface area (Å²) in [7, 11) is 3.04. The molecule has 0 fully saturated rings. The highest BCUT2D eigenvalue weighted by molar-refractivity contribution is 5.74. The van der Waals surface area contributed by atoms with Crippen molar-refractivity contribution < 1.29 is 20.1 Å². The number of nitrogens with one attached hydrogen (secondary N) is 1. The topological polar surface area (TPSA) is 93.0 Å². The molecule has 0 aliphatic heterocycles. The smallest absolute Gasteiger partial charge is 0.317 e. The summed E-state index contributed by atoms with van der Waals surface area (Å²) in [4.78, 5) is 12.4. The molecular formula is C7H16N2O4. The number of carbonyl (C=O) groups excluding carboxylic acids is 1. The number of nitrogens with zero attached hydrogens (tertiary/aromatic N) is 1. The fraction of sp³-hybridized carbons (Fsp3) is 0.857. The Morgan fingerprint density at radius 2 is 1.62 bits per heavy atom. The Bertz CT molecular complexity index is 160. The molecule has 0 aromatic rings. The summed E-state index contributed by atoms with van der Waals surface area (Å²) in [5.41, 5.74) is -1.35. The molecule has 0 aromatic heterocycles. The predicted octanol–water partition coefficient (Wildman–Crippen LogP) is -2.03. The lowest BCUT2D eigenvalue weighted by atomic mass is 10.0. The highest BCUT2D eigenvalue weighted by Crippen LogP contribution is 2.01. The van der Waals surface area contributed by atoms with E-state index in [1.54, 1.807) is 0 Å². The van der Waals surface area contributed by atoms with Gasteiger partial charge >= 0.3 is 6.03 Å². The molecule has 6 nitrogen and oxygen atoms in total. The van der Waals surface area contributed by atoms with E-state index in [9.17, 15) is 4.79 Å². The summed E-state index contributed by atoms with van der Waals surface area (Å²) in [6.07, 6.45) is 0. The van der Waals surface area contributed by atoms with E-state index in [1.807, 2.05) is 0 Å². The van der Waals surface area contributed by atoms with E-state index in [4.69, 9.17) is 15.3 Å². The Morgan fingerprint density at radius 1 is 1.23 bits per heavy atom. The lowest BCUT2D eigenvalue weighted by molar-refractivity contribution is 0.0465. The summed E-state index contributed by atoms with van der Waals surface area (Å²) >= 11 is 0. The average molecular weight is 192 g/mol. The van der Waals surface area contributed by atoms with Gasteiger partial charge in [-0.15, -0.1) is 0 Å². The molecule has 0 saturated heterocycles. The number of hydrogen-bond donors (Lipinski definition) is 4. The van der Waals surface area contributed by atoms with Crippen LogP contribution in [0.1, 0.15) is 0 Å². The third kappa shape index (κ3) is 3.17. The quantitative estimate of drug-likeness (QED) is 0.413. The van der Waals surface area contributed by atoms with Gasteiger partial charge in [0.25, 0.3) is 0 Å². The first-order valence-electron chi connectivity index (χ1n) is 3.83. The van der Waals surface area contributed by atoms with Gasteiger partial charge in [0, 0.05) is 14.1 Å². The molecule has 13 heavy (non-hydrogen) atoms. The molecule has 0 atom stereocenters. The fourth-order valence-electron chi connectivity index (χ4n) is 0.607. The number of carbonyl (C=O) groups is 1. The number of aliphatic hydroxyl groups excluding tert-OH is 3. The van der Waals surface area contributed by atoms with E-state index in [1.165, 1.54) is 19.0 Å². The molecule has 0 aromatic carbocycles. The maximum atomic E-state index is 11.1. The number of aliphatic hydroxyl groups is 3. The van der Waals surface area contributed by atoms with Crippen LogP contribution in [0, 0.1) is 0 Å². The summed E-state index contributed by atoms with van der Waals surface area (Å²) < 4.78 is 0. The molecule has 6 heteroatoms. The van der Waals surface area contributed by atoms with Crippen molar-refractivity contribution in [3.63, 3.8) is 0 Å². The van der Waals surface area contributed by atoms with Crippen LogP contribution in [0.15, 0.2) is 0 Å². The van der Waals surface area contributed by atoms with E-state index in [0.29, 0.717) is 0 Å². The molecule has 2 amide bonds. The molecule has 0 aliphatic carbocycles. The zero-order valence-electron chi connectivity index (χ0n) is 7.82. The van der Waals surface area contributed by atoms with Gasteiger partial charge in [-0.1, -0.05) is 0 Å². The first-order chi connectivity index (χ1) is 6.01. The second-order valence-corrected chi connectivity index (χ2v) is 3.08. The van der Waals surface area contributed by atoms with Crippen LogP contribution in [0.4, 0.5) is 4.79 Å².